The average molecular weight is 324 g/mol. The molecule has 0 spiro atoms. The molecular formula is C19H20N2O3. The molecule has 0 atom stereocenters. The van der Waals surface area contributed by atoms with Gasteiger partial charge in [0.1, 0.15) is 18.7 Å². The number of hydrogen-bond donors (Lipinski definition) is 0. The molecule has 1 aromatic heterocycles. The number of pyridine rings is 1. The van der Waals surface area contributed by atoms with Gasteiger partial charge < -0.3 is 14.4 Å². The molecule has 0 bridgehead atoms. The summed E-state index contributed by atoms with van der Waals surface area (Å²) in [4.78, 5) is 29.4. The lowest BCUT2D eigenvalue weighted by molar-refractivity contribution is -0.111. The van der Waals surface area contributed by atoms with Crippen molar-refractivity contribution in [1.29, 1.82) is 0 Å². The Balaban J connectivity index is 1.56. The number of nitrogens with zero attached hydrogens (tertiary/aromatic N) is 2. The van der Waals surface area contributed by atoms with E-state index in [4.69, 9.17) is 4.74 Å². The molecule has 5 heteroatoms. The van der Waals surface area contributed by atoms with Gasteiger partial charge in [-0.3, -0.25) is 0 Å². The van der Waals surface area contributed by atoms with Crippen LogP contribution in [-0.2, 0) is 16.1 Å². The summed E-state index contributed by atoms with van der Waals surface area (Å²) in [5, 5.41) is 0. The zero-order valence-electron chi connectivity index (χ0n) is 13.4. The van der Waals surface area contributed by atoms with Crippen molar-refractivity contribution in [2.75, 3.05) is 18.0 Å². The number of rotatable bonds is 5. The first-order valence-electron chi connectivity index (χ1n) is 8.13. The first-order chi connectivity index (χ1) is 11.8. The molecule has 1 saturated heterocycles. The van der Waals surface area contributed by atoms with Gasteiger partial charge in [0.25, 0.3) is 0 Å². The molecule has 0 unspecified atom stereocenters. The van der Waals surface area contributed by atoms with Gasteiger partial charge in [-0.2, -0.15) is 0 Å². The monoisotopic (exact) mass is 324 g/mol. The number of hydrogen-bond acceptors (Lipinski definition) is 5. The van der Waals surface area contributed by atoms with Gasteiger partial charge in [-0.15, -0.1) is 0 Å². The lowest BCUT2D eigenvalue weighted by Gasteiger charge is -2.30. The molecule has 5 nitrogen and oxygen atoms in total. The van der Waals surface area contributed by atoms with E-state index in [-0.39, 0.29) is 18.5 Å². The van der Waals surface area contributed by atoms with E-state index in [1.54, 1.807) is 12.3 Å². The van der Waals surface area contributed by atoms with Gasteiger partial charge in [-0.1, -0.05) is 30.3 Å². The predicted molar refractivity (Wildman–Crippen MR) is 90.8 cm³/mol. The molecule has 0 saturated carbocycles. The Morgan fingerprint density at radius 3 is 2.54 bits per heavy atom. The van der Waals surface area contributed by atoms with Gasteiger partial charge in [0, 0.05) is 25.2 Å². The summed E-state index contributed by atoms with van der Waals surface area (Å²) in [5.41, 5.74) is 1.39. The van der Waals surface area contributed by atoms with Crippen LogP contribution in [0.5, 0.6) is 0 Å². The number of esters is 1. The minimum Gasteiger partial charge on any atom is -0.457 e. The Morgan fingerprint density at radius 2 is 1.92 bits per heavy atom. The molecule has 1 aliphatic heterocycles. The third-order valence-electron chi connectivity index (χ3n) is 4.25. The molecule has 2 heterocycles. The van der Waals surface area contributed by atoms with E-state index >= 15 is 0 Å². The van der Waals surface area contributed by atoms with Crippen LogP contribution in [0.15, 0.2) is 48.7 Å². The Bertz CT molecular complexity index is 678. The van der Waals surface area contributed by atoms with Gasteiger partial charge in [0.15, 0.2) is 0 Å². The Labute approximate surface area is 141 Å². The molecule has 0 amide bonds. The maximum Gasteiger partial charge on any atom is 0.340 e. The normalized spacial score (nSPS) is 15.1. The first-order valence-corrected chi connectivity index (χ1v) is 8.13. The van der Waals surface area contributed by atoms with Crippen molar-refractivity contribution in [3.8, 4) is 0 Å². The van der Waals surface area contributed by atoms with E-state index in [2.05, 4.69) is 9.88 Å². The number of carbonyl (C=O) groups is 2. The van der Waals surface area contributed by atoms with Crippen LogP contribution in [0.4, 0.5) is 5.82 Å². The van der Waals surface area contributed by atoms with Crippen LogP contribution in [-0.4, -0.2) is 30.3 Å². The number of piperidine rings is 1. The number of benzene rings is 1. The molecule has 124 valence electrons. The number of anilines is 1. The van der Waals surface area contributed by atoms with Crippen molar-refractivity contribution >= 4 is 18.1 Å². The second-order valence-electron chi connectivity index (χ2n) is 5.93. The van der Waals surface area contributed by atoms with Gasteiger partial charge in [0.2, 0.25) is 0 Å². The molecule has 0 aliphatic carbocycles. The number of aldehydes is 1. The molecule has 24 heavy (non-hydrogen) atoms. The van der Waals surface area contributed by atoms with Gasteiger partial charge in [0.05, 0.1) is 5.56 Å². The lowest BCUT2D eigenvalue weighted by atomic mass is 9.99. The second-order valence-corrected chi connectivity index (χ2v) is 5.93. The summed E-state index contributed by atoms with van der Waals surface area (Å²) in [6, 6.07) is 13.1. The molecule has 1 aliphatic rings. The average Bonchev–Trinajstić information content (AvgIpc) is 2.67. The highest BCUT2D eigenvalue weighted by atomic mass is 16.5. The maximum atomic E-state index is 12.1. The van der Waals surface area contributed by atoms with Crippen molar-refractivity contribution in [1.82, 2.24) is 4.98 Å². The van der Waals surface area contributed by atoms with Gasteiger partial charge >= 0.3 is 5.97 Å². The van der Waals surface area contributed by atoms with Crippen molar-refractivity contribution in [3.63, 3.8) is 0 Å². The van der Waals surface area contributed by atoms with Crippen LogP contribution in [0.2, 0.25) is 0 Å². The number of carbonyl (C=O) groups excluding carboxylic acids is 2. The van der Waals surface area contributed by atoms with E-state index in [1.807, 2.05) is 36.4 Å². The standard InChI is InChI=1S/C19H20N2O3/c22-13-15-8-10-21(11-9-15)18-7-6-17(12-20-18)19(23)24-14-16-4-2-1-3-5-16/h1-7,12-13,15H,8-11,14H2. The molecule has 1 fully saturated rings. The van der Waals surface area contributed by atoms with Crippen LogP contribution in [0, 0.1) is 5.92 Å². The summed E-state index contributed by atoms with van der Waals surface area (Å²) in [5.74, 6) is 0.616. The van der Waals surface area contributed by atoms with Crippen LogP contribution in [0.1, 0.15) is 28.8 Å². The van der Waals surface area contributed by atoms with Crippen LogP contribution in [0.25, 0.3) is 0 Å². The summed E-state index contributed by atoms with van der Waals surface area (Å²) >= 11 is 0. The third-order valence-corrected chi connectivity index (χ3v) is 4.25. The minimum absolute atomic E-state index is 0.161. The van der Waals surface area contributed by atoms with Crippen LogP contribution < -0.4 is 4.90 Å². The molecule has 0 radical (unpaired) electrons. The third kappa shape index (κ3) is 3.98. The van der Waals surface area contributed by atoms with Gasteiger partial charge in [-0.05, 0) is 30.5 Å². The van der Waals surface area contributed by atoms with Crippen LogP contribution in [0.3, 0.4) is 0 Å². The number of aromatic nitrogens is 1. The van der Waals surface area contributed by atoms with Crippen molar-refractivity contribution in [2.45, 2.75) is 19.4 Å². The zero-order chi connectivity index (χ0) is 16.8. The van der Waals surface area contributed by atoms with E-state index < -0.39 is 0 Å². The van der Waals surface area contributed by atoms with Gasteiger partial charge in [-0.25, -0.2) is 9.78 Å². The largest absolute Gasteiger partial charge is 0.457 e. The molecular weight excluding hydrogens is 304 g/mol. The summed E-state index contributed by atoms with van der Waals surface area (Å²) in [7, 11) is 0. The van der Waals surface area contributed by atoms with E-state index in [0.29, 0.717) is 5.56 Å². The van der Waals surface area contributed by atoms with Crippen molar-refractivity contribution in [3.05, 3.63) is 59.8 Å². The molecule has 2 aromatic rings. The SMILES string of the molecule is O=CC1CCN(c2ccc(C(=O)OCc3ccccc3)cn2)CC1. The second kappa shape index (κ2) is 7.73. The predicted octanol–water partition coefficient (Wildman–Crippen LogP) is 2.85. The quantitative estimate of drug-likeness (QED) is 0.625. The smallest absolute Gasteiger partial charge is 0.340 e. The summed E-state index contributed by atoms with van der Waals surface area (Å²) < 4.78 is 5.30. The fourth-order valence-corrected chi connectivity index (χ4v) is 2.76. The fourth-order valence-electron chi connectivity index (χ4n) is 2.76. The zero-order valence-corrected chi connectivity index (χ0v) is 13.4. The molecule has 3 rings (SSSR count). The summed E-state index contributed by atoms with van der Waals surface area (Å²) in [6.45, 7) is 1.88. The highest BCUT2D eigenvalue weighted by Gasteiger charge is 2.19. The van der Waals surface area contributed by atoms with Crippen molar-refractivity contribution < 1.29 is 14.3 Å². The molecule has 1 aromatic carbocycles. The van der Waals surface area contributed by atoms with E-state index in [0.717, 1.165) is 43.6 Å². The highest BCUT2D eigenvalue weighted by Crippen LogP contribution is 2.20. The topological polar surface area (TPSA) is 59.5 Å². The van der Waals surface area contributed by atoms with Crippen LogP contribution >= 0.6 is 0 Å². The summed E-state index contributed by atoms with van der Waals surface area (Å²) in [6.07, 6.45) is 4.29. The fraction of sp³-hybridized carbons (Fsp3) is 0.316. The lowest BCUT2D eigenvalue weighted by Crippen LogP contribution is -2.34. The molecule has 0 N–H and O–H groups in total. The Hall–Kier alpha value is -2.69. The minimum atomic E-state index is -0.377. The highest BCUT2D eigenvalue weighted by molar-refractivity contribution is 5.89. The Kier molecular flexibility index (Phi) is 5.21. The van der Waals surface area contributed by atoms with Crippen molar-refractivity contribution in [2.24, 2.45) is 5.92 Å². The van der Waals surface area contributed by atoms with E-state index in [9.17, 15) is 9.59 Å². The van der Waals surface area contributed by atoms with E-state index in [1.165, 1.54) is 0 Å². The number of ether oxygens (including phenoxy) is 1. The first kappa shape index (κ1) is 16.2. The Morgan fingerprint density at radius 1 is 1.17 bits per heavy atom. The maximum absolute atomic E-state index is 12.1.